The number of hydrogen-bond acceptors (Lipinski definition) is 4. The summed E-state index contributed by atoms with van der Waals surface area (Å²) in [6.45, 7) is 0. The molecule has 0 unspecified atom stereocenters. The normalized spacial score (nSPS) is 11.0. The van der Waals surface area contributed by atoms with E-state index in [2.05, 4.69) is 5.32 Å². The quantitative estimate of drug-likeness (QED) is 0.188. The second-order valence-electron chi connectivity index (χ2n) is 7.37. The van der Waals surface area contributed by atoms with Gasteiger partial charge in [0.2, 0.25) is 5.91 Å². The molecule has 0 aliphatic rings. The largest absolute Gasteiger partial charge is 0.324 e. The Morgan fingerprint density at radius 1 is 1.03 bits per heavy atom. The van der Waals surface area contributed by atoms with Crippen LogP contribution in [0.4, 0.5) is 10.1 Å². The van der Waals surface area contributed by atoms with Crippen LogP contribution in [0.5, 0.6) is 0 Å². The van der Waals surface area contributed by atoms with E-state index >= 15 is 0 Å². The molecule has 1 aromatic heterocycles. The van der Waals surface area contributed by atoms with E-state index in [1.54, 1.807) is 41.0 Å². The van der Waals surface area contributed by atoms with E-state index in [4.69, 9.17) is 16.6 Å². The molecule has 0 radical (unpaired) electrons. The predicted molar refractivity (Wildman–Crippen MR) is 132 cm³/mol. The number of nitrogens with one attached hydrogen (secondary N) is 1. The third kappa shape index (κ3) is 5.61. The van der Waals surface area contributed by atoms with Crippen molar-refractivity contribution in [3.05, 3.63) is 94.0 Å². The van der Waals surface area contributed by atoms with Crippen molar-refractivity contribution in [2.45, 2.75) is 24.4 Å². The lowest BCUT2D eigenvalue weighted by Crippen LogP contribution is -2.21. The van der Waals surface area contributed by atoms with Crippen molar-refractivity contribution < 1.29 is 9.18 Å². The van der Waals surface area contributed by atoms with Crippen molar-refractivity contribution in [2.75, 3.05) is 11.1 Å². The van der Waals surface area contributed by atoms with Crippen LogP contribution in [-0.2, 0) is 4.79 Å². The SMILES string of the molecule is O=C(CCCCSc1nc2ccccc2c(=O)n1-c1cccc(Cl)c1)Nc1ccccc1F. The van der Waals surface area contributed by atoms with Gasteiger partial charge in [0.25, 0.3) is 5.56 Å². The summed E-state index contributed by atoms with van der Waals surface area (Å²) in [5, 5.41) is 4.22. The molecule has 0 bridgehead atoms. The standard InChI is InChI=1S/C25H21ClFN3O2S/c26-17-8-7-9-18(16-17)30-24(32)19-10-1-3-12-21(19)29-25(30)33-15-6-5-14-23(31)28-22-13-4-2-11-20(22)27/h1-4,7-13,16H,5-6,14-15H2,(H,28,31). The fourth-order valence-corrected chi connectivity index (χ4v) is 4.57. The monoisotopic (exact) mass is 481 g/mol. The van der Waals surface area contributed by atoms with Crippen molar-refractivity contribution in [3.8, 4) is 5.69 Å². The molecule has 4 rings (SSSR count). The first-order valence-corrected chi connectivity index (χ1v) is 11.8. The van der Waals surface area contributed by atoms with Gasteiger partial charge in [-0.05, 0) is 55.3 Å². The number of rotatable bonds is 8. The molecule has 33 heavy (non-hydrogen) atoms. The molecule has 1 amide bonds. The molecule has 0 saturated carbocycles. The number of unbranched alkanes of at least 4 members (excludes halogenated alkanes) is 1. The molecule has 168 valence electrons. The Morgan fingerprint density at radius 2 is 1.82 bits per heavy atom. The Morgan fingerprint density at radius 3 is 2.64 bits per heavy atom. The van der Waals surface area contributed by atoms with Crippen LogP contribution >= 0.6 is 23.4 Å². The molecular formula is C25H21ClFN3O2S. The maximum atomic E-state index is 13.7. The maximum Gasteiger partial charge on any atom is 0.266 e. The zero-order chi connectivity index (χ0) is 23.2. The molecule has 0 saturated heterocycles. The first-order valence-electron chi connectivity index (χ1n) is 10.5. The average molecular weight is 482 g/mol. The second kappa shape index (κ2) is 10.6. The smallest absolute Gasteiger partial charge is 0.266 e. The zero-order valence-electron chi connectivity index (χ0n) is 17.6. The number of fused-ring (bicyclic) bond motifs is 1. The minimum Gasteiger partial charge on any atom is -0.324 e. The highest BCUT2D eigenvalue weighted by Gasteiger charge is 2.14. The average Bonchev–Trinajstić information content (AvgIpc) is 2.80. The number of para-hydroxylation sites is 2. The van der Waals surface area contributed by atoms with Gasteiger partial charge in [-0.25, -0.2) is 9.37 Å². The van der Waals surface area contributed by atoms with Crippen LogP contribution in [-0.4, -0.2) is 21.2 Å². The van der Waals surface area contributed by atoms with Crippen LogP contribution < -0.4 is 10.9 Å². The molecule has 1 N–H and O–H groups in total. The van der Waals surface area contributed by atoms with Gasteiger partial charge in [-0.3, -0.25) is 14.2 Å². The van der Waals surface area contributed by atoms with Crippen molar-refractivity contribution in [2.24, 2.45) is 0 Å². The number of nitrogens with zero attached hydrogens (tertiary/aromatic N) is 2. The number of carbonyl (C=O) groups excluding carboxylic acids is 1. The Labute approximate surface area is 199 Å². The molecule has 8 heteroatoms. The van der Waals surface area contributed by atoms with Crippen molar-refractivity contribution in [3.63, 3.8) is 0 Å². The second-order valence-corrected chi connectivity index (χ2v) is 8.86. The number of aromatic nitrogens is 2. The number of carbonyl (C=O) groups is 1. The lowest BCUT2D eigenvalue weighted by molar-refractivity contribution is -0.116. The minimum atomic E-state index is -0.456. The van der Waals surface area contributed by atoms with Gasteiger partial charge in [0.15, 0.2) is 5.16 Å². The van der Waals surface area contributed by atoms with E-state index < -0.39 is 5.82 Å². The van der Waals surface area contributed by atoms with Gasteiger partial charge >= 0.3 is 0 Å². The third-order valence-corrected chi connectivity index (χ3v) is 6.25. The molecule has 3 aromatic carbocycles. The highest BCUT2D eigenvalue weighted by molar-refractivity contribution is 7.99. The van der Waals surface area contributed by atoms with Crippen molar-refractivity contribution >= 4 is 45.9 Å². The van der Waals surface area contributed by atoms with Crippen LogP contribution in [0.15, 0.2) is 82.7 Å². The molecule has 1 heterocycles. The van der Waals surface area contributed by atoms with Crippen LogP contribution in [0.3, 0.4) is 0 Å². The molecule has 0 atom stereocenters. The van der Waals surface area contributed by atoms with Crippen molar-refractivity contribution in [1.82, 2.24) is 9.55 Å². The molecule has 4 aromatic rings. The first kappa shape index (κ1) is 23.0. The Kier molecular flexibility index (Phi) is 7.42. The lowest BCUT2D eigenvalue weighted by Gasteiger charge is -2.13. The molecule has 5 nitrogen and oxygen atoms in total. The summed E-state index contributed by atoms with van der Waals surface area (Å²) >= 11 is 7.61. The van der Waals surface area contributed by atoms with Gasteiger partial charge in [-0.15, -0.1) is 0 Å². The fraction of sp³-hybridized carbons (Fsp3) is 0.160. The summed E-state index contributed by atoms with van der Waals surface area (Å²) in [5.41, 5.74) is 1.31. The minimum absolute atomic E-state index is 0.158. The summed E-state index contributed by atoms with van der Waals surface area (Å²) < 4.78 is 15.2. The van der Waals surface area contributed by atoms with E-state index in [1.807, 2.05) is 24.3 Å². The molecule has 0 aliphatic carbocycles. The Hall–Kier alpha value is -3.16. The van der Waals surface area contributed by atoms with Crippen molar-refractivity contribution in [1.29, 1.82) is 0 Å². The highest BCUT2D eigenvalue weighted by Crippen LogP contribution is 2.24. The van der Waals surface area contributed by atoms with Crippen LogP contribution in [0.25, 0.3) is 16.6 Å². The zero-order valence-corrected chi connectivity index (χ0v) is 19.2. The lowest BCUT2D eigenvalue weighted by atomic mass is 10.2. The molecular weight excluding hydrogens is 461 g/mol. The van der Waals surface area contributed by atoms with E-state index in [0.717, 1.165) is 6.42 Å². The first-order chi connectivity index (χ1) is 16.0. The highest BCUT2D eigenvalue weighted by atomic mass is 35.5. The van der Waals surface area contributed by atoms with Gasteiger partial charge < -0.3 is 5.32 Å². The topological polar surface area (TPSA) is 64.0 Å². The number of hydrogen-bond donors (Lipinski definition) is 1. The number of amides is 1. The summed E-state index contributed by atoms with van der Waals surface area (Å²) in [4.78, 5) is 30.0. The van der Waals surface area contributed by atoms with E-state index in [-0.39, 0.29) is 23.6 Å². The van der Waals surface area contributed by atoms with Crippen LogP contribution in [0, 0.1) is 5.82 Å². The molecule has 0 fully saturated rings. The molecule has 0 spiro atoms. The Bertz CT molecular complexity index is 1360. The molecule has 0 aliphatic heterocycles. The van der Waals surface area contributed by atoms with Gasteiger partial charge in [0.1, 0.15) is 5.82 Å². The maximum absolute atomic E-state index is 13.7. The van der Waals surface area contributed by atoms with Gasteiger partial charge in [-0.2, -0.15) is 0 Å². The van der Waals surface area contributed by atoms with Gasteiger partial charge in [0.05, 0.1) is 22.3 Å². The summed E-state index contributed by atoms with van der Waals surface area (Å²) in [7, 11) is 0. The number of thioether (sulfide) groups is 1. The summed E-state index contributed by atoms with van der Waals surface area (Å²) in [5.74, 6) is -0.0225. The van der Waals surface area contributed by atoms with Crippen LogP contribution in [0.2, 0.25) is 5.02 Å². The Balaban J connectivity index is 1.44. The fourth-order valence-electron chi connectivity index (χ4n) is 3.38. The van der Waals surface area contributed by atoms with E-state index in [1.165, 1.54) is 23.9 Å². The summed E-state index contributed by atoms with van der Waals surface area (Å²) in [6, 6.07) is 20.4. The number of benzene rings is 3. The van der Waals surface area contributed by atoms with E-state index in [0.29, 0.717) is 38.9 Å². The predicted octanol–water partition coefficient (Wildman–Crippen LogP) is 6.08. The van der Waals surface area contributed by atoms with Gasteiger partial charge in [-0.1, -0.05) is 53.7 Å². The summed E-state index contributed by atoms with van der Waals surface area (Å²) in [6.07, 6.45) is 1.64. The van der Waals surface area contributed by atoms with Gasteiger partial charge in [0, 0.05) is 17.2 Å². The van der Waals surface area contributed by atoms with Crippen LogP contribution in [0.1, 0.15) is 19.3 Å². The number of halogens is 2. The number of anilines is 1. The van der Waals surface area contributed by atoms with E-state index in [9.17, 15) is 14.0 Å². The third-order valence-electron chi connectivity index (χ3n) is 4.99.